The number of rotatable bonds is 5. The molecule has 0 aliphatic carbocycles. The Morgan fingerprint density at radius 3 is 2.55 bits per heavy atom. The highest BCUT2D eigenvalue weighted by Crippen LogP contribution is 2.09. The van der Waals surface area contributed by atoms with Crippen LogP contribution < -0.4 is 5.73 Å². The molecule has 0 fully saturated rings. The lowest BCUT2D eigenvalue weighted by Gasteiger charge is -2.06. The second-order valence-corrected chi connectivity index (χ2v) is 4.41. The first-order valence-corrected chi connectivity index (χ1v) is 6.57. The van der Waals surface area contributed by atoms with E-state index in [1.807, 2.05) is 25.3 Å². The summed E-state index contributed by atoms with van der Waals surface area (Å²) >= 11 is 0. The third-order valence-electron chi connectivity index (χ3n) is 2.88. The van der Waals surface area contributed by atoms with E-state index in [-0.39, 0.29) is 12.3 Å². The van der Waals surface area contributed by atoms with E-state index in [2.05, 4.69) is 23.2 Å². The average Bonchev–Trinajstić information content (AvgIpc) is 2.88. The van der Waals surface area contributed by atoms with Gasteiger partial charge in [0.2, 0.25) is 0 Å². The quantitative estimate of drug-likeness (QED) is 0.729. The highest BCUT2D eigenvalue weighted by Gasteiger charge is 2.22. The van der Waals surface area contributed by atoms with Gasteiger partial charge in [0, 0.05) is 24.7 Å². The van der Waals surface area contributed by atoms with E-state index in [0.717, 1.165) is 0 Å². The second-order valence-electron chi connectivity index (χ2n) is 4.41. The van der Waals surface area contributed by atoms with Crippen LogP contribution >= 0.6 is 0 Å². The standard InChI is InChI=1S/C8H7N.C7H13NO3/c1-2-4-8-7(3-1)5-6-9-8;1-2-3-6(9)5(4-8)7(10)11/h1-6,9H;5H,2-4,8H2,1H3,(H,10,11). The van der Waals surface area contributed by atoms with Crippen molar-refractivity contribution in [2.45, 2.75) is 19.8 Å². The number of hydrogen-bond donors (Lipinski definition) is 3. The molecule has 1 unspecified atom stereocenters. The van der Waals surface area contributed by atoms with Crippen molar-refractivity contribution in [2.75, 3.05) is 6.54 Å². The molecule has 5 nitrogen and oxygen atoms in total. The van der Waals surface area contributed by atoms with Gasteiger partial charge < -0.3 is 15.8 Å². The number of nitrogens with one attached hydrogen (secondary N) is 1. The summed E-state index contributed by atoms with van der Waals surface area (Å²) in [7, 11) is 0. The minimum atomic E-state index is -1.12. The third kappa shape index (κ3) is 4.51. The second kappa shape index (κ2) is 8.12. The van der Waals surface area contributed by atoms with Gasteiger partial charge in [-0.05, 0) is 23.9 Å². The topological polar surface area (TPSA) is 96.2 Å². The molecule has 0 bridgehead atoms. The highest BCUT2D eigenvalue weighted by molar-refractivity contribution is 5.98. The number of hydrogen-bond acceptors (Lipinski definition) is 3. The largest absolute Gasteiger partial charge is 0.481 e. The first kappa shape index (κ1) is 15.9. The molecule has 108 valence electrons. The van der Waals surface area contributed by atoms with Crippen molar-refractivity contribution in [3.8, 4) is 0 Å². The number of benzene rings is 1. The minimum Gasteiger partial charge on any atom is -0.481 e. The molecule has 0 saturated carbocycles. The molecular formula is C15H20N2O3. The summed E-state index contributed by atoms with van der Waals surface area (Å²) in [5, 5.41) is 9.74. The number of Topliss-reactive ketones (excluding diaryl/α,β-unsaturated/α-hetero) is 1. The summed E-state index contributed by atoms with van der Waals surface area (Å²) in [6, 6.07) is 10.3. The van der Waals surface area contributed by atoms with Gasteiger partial charge in [0.05, 0.1) is 0 Å². The molecule has 0 aliphatic rings. The SMILES string of the molecule is CCCC(=O)C(CN)C(=O)O.c1ccc2[nH]ccc2c1. The lowest BCUT2D eigenvalue weighted by Crippen LogP contribution is -2.30. The Kier molecular flexibility index (Phi) is 6.46. The molecule has 0 saturated heterocycles. The molecule has 5 heteroatoms. The van der Waals surface area contributed by atoms with Crippen LogP contribution in [0.5, 0.6) is 0 Å². The number of aromatic amines is 1. The Balaban J connectivity index is 0.000000202. The Morgan fingerprint density at radius 1 is 1.30 bits per heavy atom. The number of carbonyl (C=O) groups excluding carboxylic acids is 1. The zero-order chi connectivity index (χ0) is 15.0. The number of H-pyrrole nitrogens is 1. The zero-order valence-electron chi connectivity index (χ0n) is 11.5. The van der Waals surface area contributed by atoms with E-state index in [1.165, 1.54) is 10.9 Å². The minimum absolute atomic E-state index is 0.103. The fraction of sp³-hybridized carbons (Fsp3) is 0.333. The number of fused-ring (bicyclic) bond motifs is 1. The maximum absolute atomic E-state index is 11.0. The molecule has 1 atom stereocenters. The number of para-hydroxylation sites is 1. The molecule has 1 heterocycles. The Morgan fingerprint density at radius 2 is 2.00 bits per heavy atom. The van der Waals surface area contributed by atoms with Crippen LogP contribution in [0.15, 0.2) is 36.5 Å². The number of carbonyl (C=O) groups is 2. The summed E-state index contributed by atoms with van der Waals surface area (Å²) in [5.41, 5.74) is 6.31. The number of aliphatic carboxylic acids is 1. The monoisotopic (exact) mass is 276 g/mol. The predicted molar refractivity (Wildman–Crippen MR) is 78.4 cm³/mol. The number of aromatic nitrogens is 1. The van der Waals surface area contributed by atoms with Crippen LogP contribution in [-0.2, 0) is 9.59 Å². The van der Waals surface area contributed by atoms with Crippen molar-refractivity contribution >= 4 is 22.7 Å². The molecule has 0 amide bonds. The van der Waals surface area contributed by atoms with E-state index in [1.54, 1.807) is 0 Å². The van der Waals surface area contributed by atoms with Crippen LogP contribution in [-0.4, -0.2) is 28.4 Å². The fourth-order valence-corrected chi connectivity index (χ4v) is 1.79. The van der Waals surface area contributed by atoms with Crippen molar-refractivity contribution in [1.82, 2.24) is 4.98 Å². The van der Waals surface area contributed by atoms with Crippen LogP contribution in [0.3, 0.4) is 0 Å². The van der Waals surface area contributed by atoms with Gasteiger partial charge in [-0.2, -0.15) is 0 Å². The maximum Gasteiger partial charge on any atom is 0.315 e. The number of carboxylic acids is 1. The normalized spacial score (nSPS) is 11.5. The van der Waals surface area contributed by atoms with Crippen molar-refractivity contribution in [3.05, 3.63) is 36.5 Å². The van der Waals surface area contributed by atoms with Gasteiger partial charge in [-0.1, -0.05) is 25.1 Å². The highest BCUT2D eigenvalue weighted by atomic mass is 16.4. The molecule has 2 aromatic rings. The number of nitrogens with two attached hydrogens (primary N) is 1. The Hall–Kier alpha value is -2.14. The molecule has 20 heavy (non-hydrogen) atoms. The van der Waals surface area contributed by atoms with Gasteiger partial charge >= 0.3 is 5.97 Å². The van der Waals surface area contributed by atoms with Crippen molar-refractivity contribution in [1.29, 1.82) is 0 Å². The predicted octanol–water partition coefficient (Wildman–Crippen LogP) is 2.18. The molecule has 1 aromatic heterocycles. The first-order chi connectivity index (χ1) is 9.60. The van der Waals surface area contributed by atoms with Gasteiger partial charge in [0.15, 0.2) is 0 Å². The third-order valence-corrected chi connectivity index (χ3v) is 2.88. The Bertz CT molecular complexity index is 533. The van der Waals surface area contributed by atoms with E-state index < -0.39 is 11.9 Å². The number of carboxylic acid groups (broad SMARTS) is 1. The van der Waals surface area contributed by atoms with Crippen molar-refractivity contribution in [2.24, 2.45) is 11.7 Å². The first-order valence-electron chi connectivity index (χ1n) is 6.57. The summed E-state index contributed by atoms with van der Waals surface area (Å²) in [6.45, 7) is 1.72. The van der Waals surface area contributed by atoms with Crippen LogP contribution in [0.4, 0.5) is 0 Å². The van der Waals surface area contributed by atoms with Crippen molar-refractivity contribution < 1.29 is 14.7 Å². The van der Waals surface area contributed by atoms with Crippen LogP contribution in [0.1, 0.15) is 19.8 Å². The molecule has 0 spiro atoms. The van der Waals surface area contributed by atoms with Gasteiger partial charge in [0.25, 0.3) is 0 Å². The van der Waals surface area contributed by atoms with E-state index in [0.29, 0.717) is 12.8 Å². The van der Waals surface area contributed by atoms with Crippen LogP contribution in [0.25, 0.3) is 10.9 Å². The zero-order valence-corrected chi connectivity index (χ0v) is 11.5. The molecular weight excluding hydrogens is 256 g/mol. The number of ketones is 1. The summed E-state index contributed by atoms with van der Waals surface area (Å²) in [6.07, 6.45) is 2.92. The molecule has 4 N–H and O–H groups in total. The van der Waals surface area contributed by atoms with Gasteiger partial charge in [0.1, 0.15) is 11.7 Å². The summed E-state index contributed by atoms with van der Waals surface area (Å²) in [4.78, 5) is 24.4. The van der Waals surface area contributed by atoms with Crippen LogP contribution in [0.2, 0.25) is 0 Å². The summed E-state index contributed by atoms with van der Waals surface area (Å²) in [5.74, 6) is -2.40. The lowest BCUT2D eigenvalue weighted by atomic mass is 10.0. The maximum atomic E-state index is 11.0. The molecule has 0 aliphatic heterocycles. The Labute approximate surface area is 117 Å². The average molecular weight is 276 g/mol. The summed E-state index contributed by atoms with van der Waals surface area (Å²) < 4.78 is 0. The van der Waals surface area contributed by atoms with Gasteiger partial charge in [-0.15, -0.1) is 0 Å². The molecule has 2 rings (SSSR count). The lowest BCUT2D eigenvalue weighted by molar-refractivity contribution is -0.145. The van der Waals surface area contributed by atoms with Crippen molar-refractivity contribution in [3.63, 3.8) is 0 Å². The smallest absolute Gasteiger partial charge is 0.315 e. The van der Waals surface area contributed by atoms with E-state index >= 15 is 0 Å². The van der Waals surface area contributed by atoms with Gasteiger partial charge in [-0.3, -0.25) is 9.59 Å². The fourth-order valence-electron chi connectivity index (χ4n) is 1.79. The van der Waals surface area contributed by atoms with Gasteiger partial charge in [-0.25, -0.2) is 0 Å². The molecule has 1 aromatic carbocycles. The van der Waals surface area contributed by atoms with E-state index in [9.17, 15) is 9.59 Å². The van der Waals surface area contributed by atoms with Crippen LogP contribution in [0, 0.1) is 5.92 Å². The molecule has 0 radical (unpaired) electrons. The van der Waals surface area contributed by atoms with E-state index in [4.69, 9.17) is 10.8 Å².